The van der Waals surface area contributed by atoms with E-state index in [0.29, 0.717) is 25.0 Å². The van der Waals surface area contributed by atoms with Crippen molar-refractivity contribution in [2.45, 2.75) is 43.4 Å². The summed E-state index contributed by atoms with van der Waals surface area (Å²) < 4.78 is 38.6. The number of piperazine rings is 1. The Labute approximate surface area is 180 Å². The minimum Gasteiger partial charge on any atom is -0.465 e. The van der Waals surface area contributed by atoms with Gasteiger partial charge in [-0.05, 0) is 31.4 Å². The van der Waals surface area contributed by atoms with Crippen molar-refractivity contribution in [2.75, 3.05) is 23.3 Å². The Morgan fingerprint density at radius 3 is 2.55 bits per heavy atom. The number of hydrogen-bond acceptors (Lipinski definition) is 6. The van der Waals surface area contributed by atoms with Gasteiger partial charge in [-0.1, -0.05) is 11.6 Å². The lowest BCUT2D eigenvalue weighted by molar-refractivity contribution is -0.137. The van der Waals surface area contributed by atoms with Crippen molar-refractivity contribution in [1.29, 1.82) is 0 Å². The van der Waals surface area contributed by atoms with Crippen LogP contribution in [0, 0.1) is 0 Å². The van der Waals surface area contributed by atoms with Crippen molar-refractivity contribution in [3.8, 4) is 0 Å². The Morgan fingerprint density at radius 2 is 1.97 bits per heavy atom. The molecule has 3 fully saturated rings. The zero-order valence-corrected chi connectivity index (χ0v) is 16.9. The number of fused-ring (bicyclic) bond motifs is 2. The van der Waals surface area contributed by atoms with Crippen LogP contribution in [0.5, 0.6) is 0 Å². The molecule has 31 heavy (non-hydrogen) atoms. The number of aromatic nitrogens is 3. The molecular formula is C19H18ClF3N6O2. The van der Waals surface area contributed by atoms with Gasteiger partial charge in [-0.25, -0.2) is 19.7 Å². The molecule has 0 unspecified atom stereocenters. The van der Waals surface area contributed by atoms with Crippen LogP contribution in [0.25, 0.3) is 0 Å². The molecule has 1 amide bonds. The van der Waals surface area contributed by atoms with Crippen molar-refractivity contribution in [3.63, 3.8) is 0 Å². The fraction of sp³-hybridized carbons (Fsp3) is 0.474. The van der Waals surface area contributed by atoms with Gasteiger partial charge in [0.1, 0.15) is 16.5 Å². The molecule has 0 aromatic carbocycles. The number of rotatable bonds is 4. The number of nitrogens with zero attached hydrogens (tertiary/aromatic N) is 5. The van der Waals surface area contributed by atoms with Crippen LogP contribution >= 0.6 is 11.6 Å². The van der Waals surface area contributed by atoms with Gasteiger partial charge in [0.2, 0.25) is 5.95 Å². The Kier molecular flexibility index (Phi) is 4.61. The SMILES string of the molecule is O=C(O)N1C[C@H]2C[C@@H]1CN2c1ccc(Nc2ncc(C(F)(F)F)c(Cl)n2)c(C2CC2)n1. The van der Waals surface area contributed by atoms with E-state index in [9.17, 15) is 23.1 Å². The van der Waals surface area contributed by atoms with E-state index in [1.807, 2.05) is 12.1 Å². The van der Waals surface area contributed by atoms with Crippen LogP contribution in [-0.4, -0.2) is 56.2 Å². The summed E-state index contributed by atoms with van der Waals surface area (Å²) in [5, 5.41) is 11.6. The Bertz CT molecular complexity index is 1050. The summed E-state index contributed by atoms with van der Waals surface area (Å²) in [7, 11) is 0. The topological polar surface area (TPSA) is 94.5 Å². The van der Waals surface area contributed by atoms with E-state index in [-0.39, 0.29) is 23.9 Å². The molecule has 0 radical (unpaired) electrons. The number of likely N-dealkylation sites (tertiary alicyclic amines) is 1. The van der Waals surface area contributed by atoms with Crippen LogP contribution in [0.1, 0.15) is 36.4 Å². The predicted octanol–water partition coefficient (Wildman–Crippen LogP) is 4.11. The molecule has 12 heteroatoms. The van der Waals surface area contributed by atoms with Crippen molar-refractivity contribution < 1.29 is 23.1 Å². The molecule has 164 valence electrons. The molecule has 2 aromatic heterocycles. The highest BCUT2D eigenvalue weighted by Gasteiger charge is 2.46. The third kappa shape index (κ3) is 3.71. The van der Waals surface area contributed by atoms with Crippen LogP contribution in [-0.2, 0) is 6.18 Å². The summed E-state index contributed by atoms with van der Waals surface area (Å²) in [6.45, 7) is 1.05. The minimum atomic E-state index is -4.62. The Balaban J connectivity index is 1.38. The third-order valence-corrected chi connectivity index (χ3v) is 6.24. The quantitative estimate of drug-likeness (QED) is 0.671. The highest BCUT2D eigenvalue weighted by atomic mass is 35.5. The molecule has 2 atom stereocenters. The van der Waals surface area contributed by atoms with Crippen LogP contribution in [0.2, 0.25) is 5.15 Å². The normalized spacial score (nSPS) is 22.8. The fourth-order valence-electron chi connectivity index (χ4n) is 4.31. The van der Waals surface area contributed by atoms with E-state index < -0.39 is 23.0 Å². The Morgan fingerprint density at radius 1 is 1.19 bits per heavy atom. The number of anilines is 3. The first-order chi connectivity index (χ1) is 14.7. The number of pyridine rings is 1. The zero-order valence-electron chi connectivity index (χ0n) is 16.1. The molecule has 3 aliphatic rings. The van der Waals surface area contributed by atoms with E-state index >= 15 is 0 Å². The molecule has 2 N–H and O–H groups in total. The molecule has 1 saturated carbocycles. The van der Waals surface area contributed by atoms with Gasteiger partial charge in [-0.2, -0.15) is 13.2 Å². The first kappa shape index (κ1) is 20.1. The Hall–Kier alpha value is -2.82. The maximum absolute atomic E-state index is 12.9. The monoisotopic (exact) mass is 454 g/mol. The van der Waals surface area contributed by atoms with Gasteiger partial charge in [0.15, 0.2) is 0 Å². The predicted molar refractivity (Wildman–Crippen MR) is 106 cm³/mol. The highest BCUT2D eigenvalue weighted by Crippen LogP contribution is 2.44. The van der Waals surface area contributed by atoms with E-state index in [1.54, 1.807) is 0 Å². The zero-order chi connectivity index (χ0) is 21.9. The van der Waals surface area contributed by atoms with Crippen LogP contribution in [0.4, 0.5) is 35.4 Å². The molecule has 4 heterocycles. The van der Waals surface area contributed by atoms with E-state index in [4.69, 9.17) is 16.6 Å². The van der Waals surface area contributed by atoms with Gasteiger partial charge in [-0.3, -0.25) is 0 Å². The maximum Gasteiger partial charge on any atom is 0.420 e. The standard InChI is InChI=1S/C19H18ClF3N6O2/c20-16-12(19(21,22)23)6-24-17(27-16)25-13-3-4-14(26-15(13)9-1-2-9)28-7-11-5-10(28)8-29(11)18(30)31/h3-4,6,9-11H,1-2,5,7-8H2,(H,30,31)(H,24,25,27)/t10-,11-/m1/s1. The third-order valence-electron chi connectivity index (χ3n) is 5.95. The average Bonchev–Trinajstić information content (AvgIpc) is 3.34. The second kappa shape index (κ2) is 7.11. The molecule has 0 spiro atoms. The number of hydrogen-bond donors (Lipinski definition) is 2. The van der Waals surface area contributed by atoms with Gasteiger partial charge >= 0.3 is 12.3 Å². The maximum atomic E-state index is 12.9. The van der Waals surface area contributed by atoms with Gasteiger partial charge < -0.3 is 20.2 Å². The number of alkyl halides is 3. The number of halogens is 4. The molecule has 8 nitrogen and oxygen atoms in total. The number of carboxylic acid groups (broad SMARTS) is 1. The van der Waals surface area contributed by atoms with Crippen molar-refractivity contribution in [1.82, 2.24) is 19.9 Å². The summed E-state index contributed by atoms with van der Waals surface area (Å²) in [6, 6.07) is 3.70. The fourth-order valence-corrected chi connectivity index (χ4v) is 4.55. The highest BCUT2D eigenvalue weighted by molar-refractivity contribution is 6.30. The summed E-state index contributed by atoms with van der Waals surface area (Å²) >= 11 is 5.70. The molecule has 2 bridgehead atoms. The molecule has 2 saturated heterocycles. The lowest BCUT2D eigenvalue weighted by Crippen LogP contribution is -2.48. The number of carbonyl (C=O) groups is 1. The largest absolute Gasteiger partial charge is 0.465 e. The van der Waals surface area contributed by atoms with Crippen molar-refractivity contribution >= 4 is 35.1 Å². The molecular weight excluding hydrogens is 437 g/mol. The minimum absolute atomic E-state index is 0.0332. The molecule has 5 rings (SSSR count). The number of amides is 1. The van der Waals surface area contributed by atoms with Crippen LogP contribution < -0.4 is 10.2 Å². The number of nitrogens with one attached hydrogen (secondary N) is 1. The second-order valence-electron chi connectivity index (χ2n) is 8.03. The summed E-state index contributed by atoms with van der Waals surface area (Å²) in [6.07, 6.45) is -2.13. The smallest absolute Gasteiger partial charge is 0.420 e. The van der Waals surface area contributed by atoms with Gasteiger partial charge in [-0.15, -0.1) is 0 Å². The van der Waals surface area contributed by atoms with E-state index in [0.717, 1.165) is 30.8 Å². The second-order valence-corrected chi connectivity index (χ2v) is 8.39. The first-order valence-corrected chi connectivity index (χ1v) is 10.2. The molecule has 2 aliphatic heterocycles. The van der Waals surface area contributed by atoms with Gasteiger partial charge in [0.05, 0.1) is 23.5 Å². The van der Waals surface area contributed by atoms with Crippen molar-refractivity contribution in [2.24, 2.45) is 0 Å². The van der Waals surface area contributed by atoms with Crippen LogP contribution in [0.3, 0.4) is 0 Å². The van der Waals surface area contributed by atoms with E-state index in [2.05, 4.69) is 20.2 Å². The van der Waals surface area contributed by atoms with Crippen LogP contribution in [0.15, 0.2) is 18.3 Å². The first-order valence-electron chi connectivity index (χ1n) is 9.84. The summed E-state index contributed by atoms with van der Waals surface area (Å²) in [5.41, 5.74) is 0.337. The van der Waals surface area contributed by atoms with Gasteiger partial charge in [0.25, 0.3) is 0 Å². The molecule has 2 aromatic rings. The average molecular weight is 455 g/mol. The van der Waals surface area contributed by atoms with Gasteiger partial charge in [0, 0.05) is 25.2 Å². The summed E-state index contributed by atoms with van der Waals surface area (Å²) in [5.74, 6) is 0.991. The lowest BCUT2D eigenvalue weighted by atomic mass is 10.2. The molecule has 1 aliphatic carbocycles. The van der Waals surface area contributed by atoms with Crippen molar-refractivity contribution in [3.05, 3.63) is 34.7 Å². The van der Waals surface area contributed by atoms with E-state index in [1.165, 1.54) is 4.90 Å². The summed E-state index contributed by atoms with van der Waals surface area (Å²) in [4.78, 5) is 27.2. The lowest BCUT2D eigenvalue weighted by Gasteiger charge is -2.33.